The van der Waals surface area contributed by atoms with Crippen LogP contribution < -0.4 is 16.3 Å². The summed E-state index contributed by atoms with van der Waals surface area (Å²) in [7, 11) is 1.77. The second-order valence-electron chi connectivity index (χ2n) is 8.85. The highest BCUT2D eigenvalue weighted by Gasteiger charge is 2.38. The van der Waals surface area contributed by atoms with Crippen LogP contribution in [0.15, 0.2) is 23.0 Å². The van der Waals surface area contributed by atoms with Gasteiger partial charge in [-0.1, -0.05) is 18.6 Å². The molecule has 3 heterocycles. The topological polar surface area (TPSA) is 122 Å². The number of imide groups is 1. The molecule has 0 radical (unpaired) electrons. The van der Waals surface area contributed by atoms with E-state index in [0.29, 0.717) is 6.42 Å². The lowest BCUT2D eigenvalue weighted by molar-refractivity contribution is -0.192. The molecule has 4 rings (SSSR count). The Morgan fingerprint density at radius 1 is 1.14 bits per heavy atom. The summed E-state index contributed by atoms with van der Waals surface area (Å²) in [5.41, 5.74) is 2.64. The predicted octanol–water partition coefficient (Wildman–Crippen LogP) is 2.27. The average Bonchev–Trinajstić information content (AvgIpc) is 3.05. The molecule has 2 saturated heterocycles. The maximum Gasteiger partial charge on any atom is 0.490 e. The molecule has 0 aliphatic carbocycles. The van der Waals surface area contributed by atoms with Gasteiger partial charge in [0.2, 0.25) is 11.8 Å². The van der Waals surface area contributed by atoms with Crippen molar-refractivity contribution in [2.75, 3.05) is 13.1 Å². The minimum atomic E-state index is -5.08. The number of carbonyl (C=O) groups excluding carboxylic acids is 2. The maximum absolute atomic E-state index is 12.9. The maximum atomic E-state index is 12.9. The molecule has 2 aliphatic heterocycles. The van der Waals surface area contributed by atoms with Gasteiger partial charge in [0.05, 0.1) is 11.0 Å². The van der Waals surface area contributed by atoms with Crippen molar-refractivity contribution >= 4 is 28.8 Å². The van der Waals surface area contributed by atoms with E-state index in [1.807, 2.05) is 12.1 Å². The van der Waals surface area contributed by atoms with E-state index in [4.69, 9.17) is 9.90 Å². The molecule has 0 bridgehead atoms. The number of carboxylic acid groups (broad SMARTS) is 1. The fourth-order valence-electron chi connectivity index (χ4n) is 4.70. The standard InChI is InChI=1S/C21H28N4O3.C2HF3O2/c1-24-19-15(5-2-4-14-10-12-22-13-11-14)6-3-7-16(19)25(21(24)28)17-8-9-18(26)23-20(17)27;3-2(4,5)1(6)7/h3,6-7,14,17,22H,2,4-5,8-13H2,1H3,(H,23,26,27);(H,6,7). The first-order valence-corrected chi connectivity index (χ1v) is 11.5. The molecular weight excluding hydrogens is 469 g/mol. The molecule has 9 nitrogen and oxygen atoms in total. The molecule has 2 aromatic rings. The van der Waals surface area contributed by atoms with Crippen LogP contribution in [0.5, 0.6) is 0 Å². The molecule has 0 saturated carbocycles. The summed E-state index contributed by atoms with van der Waals surface area (Å²) in [6, 6.07) is 5.32. The number of fused-ring (bicyclic) bond motifs is 1. The van der Waals surface area contributed by atoms with Crippen molar-refractivity contribution in [2.45, 2.75) is 57.2 Å². The number of carboxylic acids is 1. The van der Waals surface area contributed by atoms with Crippen molar-refractivity contribution in [3.05, 3.63) is 34.2 Å². The zero-order valence-corrected chi connectivity index (χ0v) is 19.4. The van der Waals surface area contributed by atoms with Crippen molar-refractivity contribution in [1.29, 1.82) is 0 Å². The molecule has 2 amide bonds. The summed E-state index contributed by atoms with van der Waals surface area (Å²) in [5, 5.41) is 12.9. The monoisotopic (exact) mass is 498 g/mol. The predicted molar refractivity (Wildman–Crippen MR) is 121 cm³/mol. The highest BCUT2D eigenvalue weighted by molar-refractivity contribution is 6.00. The largest absolute Gasteiger partial charge is 0.490 e. The number of imidazole rings is 1. The highest BCUT2D eigenvalue weighted by Crippen LogP contribution is 2.26. The minimum Gasteiger partial charge on any atom is -0.475 e. The van der Waals surface area contributed by atoms with Crippen molar-refractivity contribution < 1.29 is 32.7 Å². The lowest BCUT2D eigenvalue weighted by Crippen LogP contribution is -2.44. The lowest BCUT2D eigenvalue weighted by atomic mass is 9.91. The Bertz CT molecular complexity index is 1150. The first kappa shape index (κ1) is 26.5. The van der Waals surface area contributed by atoms with Gasteiger partial charge in [0.25, 0.3) is 0 Å². The number of para-hydroxylation sites is 1. The molecular formula is C23H29F3N4O5. The van der Waals surface area contributed by atoms with E-state index in [1.54, 1.807) is 16.2 Å². The van der Waals surface area contributed by atoms with E-state index in [-0.39, 0.29) is 23.9 Å². The number of hydrogen-bond acceptors (Lipinski definition) is 5. The summed E-state index contributed by atoms with van der Waals surface area (Å²) in [5.74, 6) is -2.62. The van der Waals surface area contributed by atoms with Crippen LogP contribution in [0.1, 0.15) is 50.1 Å². The number of aryl methyl sites for hydroxylation is 2. The number of rotatable bonds is 5. The van der Waals surface area contributed by atoms with E-state index in [9.17, 15) is 27.6 Å². The van der Waals surface area contributed by atoms with Crippen LogP contribution in [0.2, 0.25) is 0 Å². The van der Waals surface area contributed by atoms with Gasteiger partial charge in [-0.25, -0.2) is 9.59 Å². The van der Waals surface area contributed by atoms with Gasteiger partial charge in [-0.3, -0.25) is 24.0 Å². The quantitative estimate of drug-likeness (QED) is 0.544. The third-order valence-corrected chi connectivity index (χ3v) is 6.47. The fourth-order valence-corrected chi connectivity index (χ4v) is 4.70. The number of halogens is 3. The Kier molecular flexibility index (Phi) is 8.36. The van der Waals surface area contributed by atoms with Gasteiger partial charge in [0.15, 0.2) is 0 Å². The van der Waals surface area contributed by atoms with Gasteiger partial charge in [0.1, 0.15) is 6.04 Å². The SMILES string of the molecule is Cn1c(=O)n(C2CCC(=O)NC2=O)c2cccc(CCCC3CCNCC3)c21.O=C(O)C(F)(F)F. The summed E-state index contributed by atoms with van der Waals surface area (Å²) >= 11 is 0. The Labute approximate surface area is 199 Å². The molecule has 1 aromatic carbocycles. The molecule has 1 atom stereocenters. The van der Waals surface area contributed by atoms with Crippen molar-refractivity contribution in [3.8, 4) is 0 Å². The number of nitrogens with one attached hydrogen (secondary N) is 2. The zero-order valence-electron chi connectivity index (χ0n) is 19.4. The second kappa shape index (κ2) is 11.1. The molecule has 12 heteroatoms. The van der Waals surface area contributed by atoms with Crippen LogP contribution >= 0.6 is 0 Å². The van der Waals surface area contributed by atoms with Gasteiger partial charge in [0, 0.05) is 13.5 Å². The van der Waals surface area contributed by atoms with Crippen molar-refractivity contribution in [3.63, 3.8) is 0 Å². The Morgan fingerprint density at radius 3 is 2.40 bits per heavy atom. The Balaban J connectivity index is 0.000000429. The first-order chi connectivity index (χ1) is 16.5. The van der Waals surface area contributed by atoms with Gasteiger partial charge in [-0.05, 0) is 62.7 Å². The number of alkyl halides is 3. The van der Waals surface area contributed by atoms with E-state index in [0.717, 1.165) is 48.4 Å². The Hall–Kier alpha value is -3.15. The number of benzene rings is 1. The molecule has 0 spiro atoms. The number of aliphatic carboxylic acids is 1. The van der Waals surface area contributed by atoms with Crippen LogP contribution in [-0.4, -0.2) is 51.3 Å². The fraction of sp³-hybridized carbons (Fsp3) is 0.565. The van der Waals surface area contributed by atoms with E-state index in [1.165, 1.54) is 19.3 Å². The van der Waals surface area contributed by atoms with Crippen LogP contribution in [0, 0.1) is 5.92 Å². The second-order valence-corrected chi connectivity index (χ2v) is 8.85. The van der Waals surface area contributed by atoms with Crippen LogP contribution in [0.3, 0.4) is 0 Å². The van der Waals surface area contributed by atoms with E-state index >= 15 is 0 Å². The number of hydrogen-bond donors (Lipinski definition) is 3. The molecule has 1 unspecified atom stereocenters. The molecule has 1 aromatic heterocycles. The molecule has 192 valence electrons. The normalized spacial score (nSPS) is 19.3. The zero-order chi connectivity index (χ0) is 25.8. The number of piperidine rings is 2. The first-order valence-electron chi connectivity index (χ1n) is 11.5. The average molecular weight is 499 g/mol. The van der Waals surface area contributed by atoms with Crippen molar-refractivity contribution in [1.82, 2.24) is 19.8 Å². The molecule has 2 aliphatic rings. The number of nitrogens with zero attached hydrogens (tertiary/aromatic N) is 2. The van der Waals surface area contributed by atoms with Crippen LogP contribution in [-0.2, 0) is 27.9 Å². The number of aromatic nitrogens is 2. The smallest absolute Gasteiger partial charge is 0.475 e. The van der Waals surface area contributed by atoms with Gasteiger partial charge < -0.3 is 10.4 Å². The third-order valence-electron chi connectivity index (χ3n) is 6.47. The minimum absolute atomic E-state index is 0.199. The van der Waals surface area contributed by atoms with Gasteiger partial charge >= 0.3 is 17.8 Å². The van der Waals surface area contributed by atoms with Crippen LogP contribution in [0.4, 0.5) is 13.2 Å². The summed E-state index contributed by atoms with van der Waals surface area (Å²) in [6.07, 6.45) is 1.26. The molecule has 3 N–H and O–H groups in total. The summed E-state index contributed by atoms with van der Waals surface area (Å²) in [4.78, 5) is 45.7. The van der Waals surface area contributed by atoms with Gasteiger partial charge in [-0.2, -0.15) is 13.2 Å². The molecule has 35 heavy (non-hydrogen) atoms. The van der Waals surface area contributed by atoms with Gasteiger partial charge in [-0.15, -0.1) is 0 Å². The lowest BCUT2D eigenvalue weighted by Gasteiger charge is -2.22. The van der Waals surface area contributed by atoms with Crippen molar-refractivity contribution in [2.24, 2.45) is 13.0 Å². The summed E-state index contributed by atoms with van der Waals surface area (Å²) in [6.45, 7) is 2.23. The Morgan fingerprint density at radius 2 is 1.80 bits per heavy atom. The van der Waals surface area contributed by atoms with E-state index in [2.05, 4.69) is 16.7 Å². The number of amides is 2. The summed E-state index contributed by atoms with van der Waals surface area (Å²) < 4.78 is 35.0. The van der Waals surface area contributed by atoms with Crippen LogP contribution in [0.25, 0.3) is 11.0 Å². The third kappa shape index (κ3) is 6.30. The number of carbonyl (C=O) groups is 3. The van der Waals surface area contributed by atoms with E-state index < -0.39 is 18.2 Å². The molecule has 2 fully saturated rings. The highest BCUT2D eigenvalue weighted by atomic mass is 19.4.